The van der Waals surface area contributed by atoms with Crippen LogP contribution in [0.1, 0.15) is 38.7 Å². The van der Waals surface area contributed by atoms with Gasteiger partial charge in [0.25, 0.3) is 5.91 Å². The van der Waals surface area contributed by atoms with Crippen LogP contribution in [0.25, 0.3) is 0 Å². The number of carbonyl (C=O) groups excluding carboxylic acids is 2. The number of ether oxygens (including phenoxy) is 2. The lowest BCUT2D eigenvalue weighted by atomic mass is 10.0. The van der Waals surface area contributed by atoms with E-state index in [2.05, 4.69) is 19.2 Å². The van der Waals surface area contributed by atoms with Gasteiger partial charge in [-0.25, -0.2) is 0 Å². The van der Waals surface area contributed by atoms with Crippen LogP contribution >= 0.6 is 0 Å². The number of nitrogens with two attached hydrogens (primary N) is 1. The number of hydrogen-bond donors (Lipinski definition) is 2. The van der Waals surface area contributed by atoms with E-state index >= 15 is 0 Å². The molecular weight excluding hydrogens is 344 g/mol. The van der Waals surface area contributed by atoms with E-state index in [0.29, 0.717) is 23.1 Å². The molecule has 0 radical (unpaired) electrons. The third-order valence-electron chi connectivity index (χ3n) is 3.96. The lowest BCUT2D eigenvalue weighted by Gasteiger charge is -2.17. The second-order valence-electron chi connectivity index (χ2n) is 6.54. The molecule has 3 N–H and O–H groups in total. The van der Waals surface area contributed by atoms with Gasteiger partial charge < -0.3 is 20.5 Å². The van der Waals surface area contributed by atoms with Crippen LogP contribution in [0.4, 0.5) is 5.69 Å². The van der Waals surface area contributed by atoms with E-state index in [1.165, 1.54) is 0 Å². The van der Waals surface area contributed by atoms with E-state index < -0.39 is 12.0 Å². The zero-order valence-electron chi connectivity index (χ0n) is 15.9. The number of carbonyl (C=O) groups is 2. The van der Waals surface area contributed by atoms with Crippen molar-refractivity contribution in [3.63, 3.8) is 0 Å². The van der Waals surface area contributed by atoms with Crippen LogP contribution in [0.2, 0.25) is 0 Å². The van der Waals surface area contributed by atoms with Gasteiger partial charge in [-0.05, 0) is 42.7 Å². The molecule has 0 aliphatic rings. The number of para-hydroxylation sites is 2. The molecule has 0 spiro atoms. The summed E-state index contributed by atoms with van der Waals surface area (Å²) in [7, 11) is 0. The van der Waals surface area contributed by atoms with Crippen LogP contribution in [-0.2, 0) is 9.59 Å². The van der Waals surface area contributed by atoms with Crippen molar-refractivity contribution < 1.29 is 19.1 Å². The maximum absolute atomic E-state index is 12.5. The third-order valence-corrected chi connectivity index (χ3v) is 3.96. The van der Waals surface area contributed by atoms with E-state index in [0.717, 1.165) is 5.56 Å². The number of nitrogens with one attached hydrogen (secondary N) is 1. The van der Waals surface area contributed by atoms with E-state index in [-0.39, 0.29) is 18.9 Å². The Bertz CT molecular complexity index is 789. The Hall–Kier alpha value is -3.02. The molecular formula is C21H26N2O4. The Kier molecular flexibility index (Phi) is 7.23. The van der Waals surface area contributed by atoms with Gasteiger partial charge in [-0.15, -0.1) is 0 Å². The van der Waals surface area contributed by atoms with Gasteiger partial charge in [0.05, 0.1) is 18.7 Å². The molecule has 0 aromatic heterocycles. The Morgan fingerprint density at radius 3 is 2.52 bits per heavy atom. The van der Waals surface area contributed by atoms with Gasteiger partial charge in [0, 0.05) is 0 Å². The quantitative estimate of drug-likeness (QED) is 0.707. The summed E-state index contributed by atoms with van der Waals surface area (Å²) in [6, 6.07) is 14.7. The van der Waals surface area contributed by atoms with Gasteiger partial charge in [0.1, 0.15) is 11.5 Å². The maximum Gasteiger partial charge on any atom is 0.265 e. The highest BCUT2D eigenvalue weighted by Gasteiger charge is 2.17. The monoisotopic (exact) mass is 370 g/mol. The zero-order chi connectivity index (χ0) is 19.8. The third kappa shape index (κ3) is 6.33. The predicted molar refractivity (Wildman–Crippen MR) is 105 cm³/mol. The molecule has 2 aromatic carbocycles. The smallest absolute Gasteiger partial charge is 0.265 e. The fourth-order valence-electron chi connectivity index (χ4n) is 2.40. The normalized spacial score (nSPS) is 11.7. The van der Waals surface area contributed by atoms with Gasteiger partial charge in [-0.2, -0.15) is 0 Å². The first-order valence-electron chi connectivity index (χ1n) is 8.94. The summed E-state index contributed by atoms with van der Waals surface area (Å²) in [5.74, 6) is 0.760. The minimum Gasteiger partial charge on any atom is -0.491 e. The van der Waals surface area contributed by atoms with Crippen molar-refractivity contribution in [3.05, 3.63) is 54.1 Å². The van der Waals surface area contributed by atoms with Crippen LogP contribution in [0, 0.1) is 0 Å². The van der Waals surface area contributed by atoms with Crippen LogP contribution in [0.15, 0.2) is 48.5 Å². The fraction of sp³-hybridized carbons (Fsp3) is 0.333. The first-order valence-corrected chi connectivity index (χ1v) is 8.94. The van der Waals surface area contributed by atoms with Crippen molar-refractivity contribution in [2.75, 3.05) is 11.9 Å². The van der Waals surface area contributed by atoms with E-state index in [1.54, 1.807) is 31.2 Å². The Balaban J connectivity index is 2.00. The van der Waals surface area contributed by atoms with E-state index in [1.807, 2.05) is 24.3 Å². The number of amides is 2. The maximum atomic E-state index is 12.5. The lowest BCUT2D eigenvalue weighted by molar-refractivity contribution is -0.122. The highest BCUT2D eigenvalue weighted by Crippen LogP contribution is 2.25. The molecule has 0 saturated carbocycles. The predicted octanol–water partition coefficient (Wildman–Crippen LogP) is 3.47. The molecule has 2 amide bonds. The lowest BCUT2D eigenvalue weighted by Crippen LogP contribution is -2.30. The fourth-order valence-corrected chi connectivity index (χ4v) is 2.40. The van der Waals surface area contributed by atoms with Crippen molar-refractivity contribution >= 4 is 17.5 Å². The largest absolute Gasteiger partial charge is 0.491 e. The first-order chi connectivity index (χ1) is 12.9. The van der Waals surface area contributed by atoms with Crippen LogP contribution in [0.3, 0.4) is 0 Å². The van der Waals surface area contributed by atoms with E-state index in [4.69, 9.17) is 15.2 Å². The van der Waals surface area contributed by atoms with Crippen LogP contribution < -0.4 is 20.5 Å². The SMILES string of the molecule is CC(Oc1cccc(C(C)C)c1)C(=O)Nc1ccccc1OCCC(N)=O. The Morgan fingerprint density at radius 2 is 1.81 bits per heavy atom. The topological polar surface area (TPSA) is 90.7 Å². The molecule has 1 atom stereocenters. The molecule has 144 valence electrons. The van der Waals surface area contributed by atoms with Crippen molar-refractivity contribution in [2.24, 2.45) is 5.73 Å². The molecule has 0 aliphatic heterocycles. The number of rotatable bonds is 9. The summed E-state index contributed by atoms with van der Waals surface area (Å²) in [5, 5.41) is 2.80. The van der Waals surface area contributed by atoms with Crippen molar-refractivity contribution in [2.45, 2.75) is 39.2 Å². The number of primary amides is 1. The average molecular weight is 370 g/mol. The Labute approximate surface area is 159 Å². The standard InChI is InChI=1S/C21H26N2O4/c1-14(2)16-7-6-8-17(13-16)27-15(3)21(25)23-18-9-4-5-10-19(18)26-12-11-20(22)24/h4-10,13-15H,11-12H2,1-3H3,(H2,22,24)(H,23,25). The van der Waals surface area contributed by atoms with Crippen molar-refractivity contribution in [1.29, 1.82) is 0 Å². The molecule has 1 unspecified atom stereocenters. The molecule has 6 heteroatoms. The van der Waals surface area contributed by atoms with Gasteiger partial charge in [0.2, 0.25) is 5.91 Å². The number of benzene rings is 2. The van der Waals surface area contributed by atoms with Gasteiger partial charge in [-0.1, -0.05) is 38.1 Å². The van der Waals surface area contributed by atoms with Gasteiger partial charge >= 0.3 is 0 Å². The summed E-state index contributed by atoms with van der Waals surface area (Å²) in [6.07, 6.45) is -0.584. The molecule has 0 heterocycles. The van der Waals surface area contributed by atoms with Crippen LogP contribution in [-0.4, -0.2) is 24.5 Å². The summed E-state index contributed by atoms with van der Waals surface area (Å²) >= 11 is 0. The number of hydrogen-bond acceptors (Lipinski definition) is 4. The summed E-state index contributed by atoms with van der Waals surface area (Å²) in [4.78, 5) is 23.3. The Morgan fingerprint density at radius 1 is 1.07 bits per heavy atom. The molecule has 2 aromatic rings. The summed E-state index contributed by atoms with van der Waals surface area (Å²) in [6.45, 7) is 6.04. The van der Waals surface area contributed by atoms with Gasteiger partial charge in [0.15, 0.2) is 6.10 Å². The highest BCUT2D eigenvalue weighted by atomic mass is 16.5. The molecule has 6 nitrogen and oxygen atoms in total. The minimum atomic E-state index is -0.689. The summed E-state index contributed by atoms with van der Waals surface area (Å²) in [5.41, 5.74) is 6.77. The average Bonchev–Trinajstić information content (AvgIpc) is 2.63. The zero-order valence-corrected chi connectivity index (χ0v) is 15.9. The second-order valence-corrected chi connectivity index (χ2v) is 6.54. The number of anilines is 1. The molecule has 27 heavy (non-hydrogen) atoms. The van der Waals surface area contributed by atoms with Gasteiger partial charge in [-0.3, -0.25) is 9.59 Å². The van der Waals surface area contributed by atoms with E-state index in [9.17, 15) is 9.59 Å². The molecule has 2 rings (SSSR count). The van der Waals surface area contributed by atoms with Crippen LogP contribution in [0.5, 0.6) is 11.5 Å². The molecule has 0 saturated heterocycles. The van der Waals surface area contributed by atoms with Crippen molar-refractivity contribution in [3.8, 4) is 11.5 Å². The molecule has 0 bridgehead atoms. The highest BCUT2D eigenvalue weighted by molar-refractivity contribution is 5.95. The molecule has 0 fully saturated rings. The summed E-state index contributed by atoms with van der Waals surface area (Å²) < 4.78 is 11.3. The van der Waals surface area contributed by atoms with Crippen molar-refractivity contribution in [1.82, 2.24) is 0 Å². The second kappa shape index (κ2) is 9.62. The first kappa shape index (κ1) is 20.3. The minimum absolute atomic E-state index is 0.105. The molecule has 0 aliphatic carbocycles.